The van der Waals surface area contributed by atoms with Crippen molar-refractivity contribution in [3.05, 3.63) is 50.7 Å². The number of nitrogens with zero attached hydrogens (tertiary/aromatic N) is 1. The van der Waals surface area contributed by atoms with E-state index in [-0.39, 0.29) is 5.82 Å². The molecule has 0 atom stereocenters. The number of thiazole rings is 1. The highest BCUT2D eigenvalue weighted by Gasteiger charge is 2.08. The molecule has 0 saturated heterocycles. The lowest BCUT2D eigenvalue weighted by Crippen LogP contribution is -1.89. The van der Waals surface area contributed by atoms with E-state index in [4.69, 9.17) is 11.6 Å². The second-order valence-electron chi connectivity index (χ2n) is 4.22. The summed E-state index contributed by atoms with van der Waals surface area (Å²) < 4.78 is 12.9. The van der Waals surface area contributed by atoms with Crippen molar-refractivity contribution in [3.63, 3.8) is 0 Å². The van der Waals surface area contributed by atoms with Gasteiger partial charge in [0.05, 0.1) is 5.01 Å². The van der Waals surface area contributed by atoms with Gasteiger partial charge < -0.3 is 0 Å². The highest BCUT2D eigenvalue weighted by atomic mass is 35.5. The summed E-state index contributed by atoms with van der Waals surface area (Å²) in [5.74, 6) is 0.186. The molecule has 0 aliphatic rings. The van der Waals surface area contributed by atoms with Crippen LogP contribution < -0.4 is 0 Å². The zero-order chi connectivity index (χ0) is 12.4. The van der Waals surface area contributed by atoms with Crippen LogP contribution in [-0.2, 0) is 6.42 Å². The fourth-order valence-electron chi connectivity index (χ4n) is 1.50. The zero-order valence-electron chi connectivity index (χ0n) is 9.71. The monoisotopic (exact) mass is 269 g/mol. The van der Waals surface area contributed by atoms with Crippen LogP contribution in [0.15, 0.2) is 24.4 Å². The van der Waals surface area contributed by atoms with Gasteiger partial charge in [0.15, 0.2) is 0 Å². The fourth-order valence-corrected chi connectivity index (χ4v) is 2.68. The van der Waals surface area contributed by atoms with E-state index >= 15 is 0 Å². The lowest BCUT2D eigenvalue weighted by atomic mass is 10.1. The Hall–Kier alpha value is -0.930. The van der Waals surface area contributed by atoms with Gasteiger partial charge in [-0.3, -0.25) is 0 Å². The number of aromatic nitrogens is 1. The Bertz CT molecular complexity index is 522. The predicted molar refractivity (Wildman–Crippen MR) is 70.4 cm³/mol. The molecule has 0 fully saturated rings. The first kappa shape index (κ1) is 12.5. The first-order valence-electron chi connectivity index (χ1n) is 5.45. The molecule has 0 saturated carbocycles. The average molecular weight is 270 g/mol. The van der Waals surface area contributed by atoms with Crippen LogP contribution in [0.3, 0.4) is 0 Å². The second-order valence-corrected chi connectivity index (χ2v) is 5.78. The van der Waals surface area contributed by atoms with Gasteiger partial charge in [-0.15, -0.1) is 11.3 Å². The van der Waals surface area contributed by atoms with Crippen LogP contribution >= 0.6 is 22.9 Å². The zero-order valence-corrected chi connectivity index (χ0v) is 11.3. The van der Waals surface area contributed by atoms with Crippen molar-refractivity contribution in [1.29, 1.82) is 0 Å². The number of rotatable bonds is 3. The van der Waals surface area contributed by atoms with Gasteiger partial charge in [-0.05, 0) is 23.6 Å². The second kappa shape index (κ2) is 5.15. The van der Waals surface area contributed by atoms with Gasteiger partial charge in [0, 0.05) is 22.5 Å². The van der Waals surface area contributed by atoms with E-state index in [0.29, 0.717) is 17.4 Å². The van der Waals surface area contributed by atoms with E-state index in [1.165, 1.54) is 17.0 Å². The van der Waals surface area contributed by atoms with Crippen LogP contribution in [-0.4, -0.2) is 4.98 Å². The third kappa shape index (κ3) is 3.05. The minimum absolute atomic E-state index is 0.305. The molecule has 0 aliphatic heterocycles. The third-order valence-electron chi connectivity index (χ3n) is 2.50. The molecule has 0 bridgehead atoms. The van der Waals surface area contributed by atoms with Crippen molar-refractivity contribution in [2.24, 2.45) is 0 Å². The molecule has 17 heavy (non-hydrogen) atoms. The summed E-state index contributed by atoms with van der Waals surface area (Å²) in [5, 5.41) is 1.48. The number of hydrogen-bond acceptors (Lipinski definition) is 2. The van der Waals surface area contributed by atoms with Crippen LogP contribution in [0.1, 0.15) is 35.2 Å². The number of benzene rings is 1. The van der Waals surface area contributed by atoms with E-state index in [0.717, 1.165) is 10.6 Å². The number of hydrogen-bond donors (Lipinski definition) is 0. The van der Waals surface area contributed by atoms with Gasteiger partial charge in [-0.1, -0.05) is 31.5 Å². The molecule has 2 aromatic rings. The predicted octanol–water partition coefficient (Wildman–Crippen LogP) is 4.65. The summed E-state index contributed by atoms with van der Waals surface area (Å²) >= 11 is 7.67. The van der Waals surface area contributed by atoms with Gasteiger partial charge in [0.1, 0.15) is 5.82 Å². The molecule has 4 heteroatoms. The molecular formula is C13H13ClFNS. The Kier molecular flexibility index (Phi) is 3.79. The lowest BCUT2D eigenvalue weighted by molar-refractivity contribution is 0.627. The van der Waals surface area contributed by atoms with Crippen LogP contribution in [0.5, 0.6) is 0 Å². The first-order chi connectivity index (χ1) is 8.06. The molecule has 1 aromatic heterocycles. The standard InChI is InChI=1S/C13H13ClFNS/c1-8(2)12-7-16-13(17-12)5-9-3-4-10(15)6-11(9)14/h3-4,6-8H,5H2,1-2H3. The minimum Gasteiger partial charge on any atom is -0.249 e. The average Bonchev–Trinajstić information content (AvgIpc) is 2.71. The first-order valence-corrected chi connectivity index (χ1v) is 6.64. The normalized spacial score (nSPS) is 11.1. The lowest BCUT2D eigenvalue weighted by Gasteiger charge is -2.01. The van der Waals surface area contributed by atoms with Crippen molar-refractivity contribution in [2.75, 3.05) is 0 Å². The van der Waals surface area contributed by atoms with Gasteiger partial charge in [-0.2, -0.15) is 0 Å². The topological polar surface area (TPSA) is 12.9 Å². The molecule has 1 nitrogen and oxygen atoms in total. The molecule has 0 N–H and O–H groups in total. The van der Waals surface area contributed by atoms with Crippen LogP contribution in [0.2, 0.25) is 5.02 Å². The SMILES string of the molecule is CC(C)c1cnc(Cc2ccc(F)cc2Cl)s1. The van der Waals surface area contributed by atoms with Gasteiger partial charge in [0.25, 0.3) is 0 Å². The van der Waals surface area contributed by atoms with Gasteiger partial charge in [0.2, 0.25) is 0 Å². The maximum absolute atomic E-state index is 12.9. The summed E-state index contributed by atoms with van der Waals surface area (Å²) in [6, 6.07) is 4.49. The maximum Gasteiger partial charge on any atom is 0.124 e. The maximum atomic E-state index is 12.9. The van der Waals surface area contributed by atoms with E-state index in [2.05, 4.69) is 18.8 Å². The summed E-state index contributed by atoms with van der Waals surface area (Å²) in [4.78, 5) is 5.62. The molecule has 0 amide bonds. The summed E-state index contributed by atoms with van der Waals surface area (Å²) in [6.07, 6.45) is 2.57. The van der Waals surface area contributed by atoms with E-state index in [9.17, 15) is 4.39 Å². The number of halogens is 2. The molecule has 1 heterocycles. The van der Waals surface area contributed by atoms with Crippen LogP contribution in [0.4, 0.5) is 4.39 Å². The van der Waals surface area contributed by atoms with Crippen molar-refractivity contribution < 1.29 is 4.39 Å². The van der Waals surface area contributed by atoms with Gasteiger partial charge in [-0.25, -0.2) is 9.37 Å². The van der Waals surface area contributed by atoms with E-state index < -0.39 is 0 Å². The van der Waals surface area contributed by atoms with Crippen molar-refractivity contribution in [1.82, 2.24) is 4.98 Å². The van der Waals surface area contributed by atoms with E-state index in [1.54, 1.807) is 17.4 Å². The summed E-state index contributed by atoms with van der Waals surface area (Å²) in [6.45, 7) is 4.28. The quantitative estimate of drug-likeness (QED) is 0.790. The Morgan fingerprint density at radius 3 is 2.76 bits per heavy atom. The largest absolute Gasteiger partial charge is 0.249 e. The molecule has 0 spiro atoms. The highest BCUT2D eigenvalue weighted by Crippen LogP contribution is 2.26. The molecule has 1 aromatic carbocycles. The van der Waals surface area contributed by atoms with Crippen molar-refractivity contribution >= 4 is 22.9 Å². The Morgan fingerprint density at radius 1 is 1.41 bits per heavy atom. The molecule has 0 radical (unpaired) electrons. The minimum atomic E-state index is -0.305. The Labute approximate surface area is 109 Å². The Morgan fingerprint density at radius 2 is 2.18 bits per heavy atom. The molecular weight excluding hydrogens is 257 g/mol. The van der Waals surface area contributed by atoms with Crippen molar-refractivity contribution in [3.8, 4) is 0 Å². The summed E-state index contributed by atoms with van der Waals surface area (Å²) in [5.41, 5.74) is 0.915. The molecule has 2 rings (SSSR count). The summed E-state index contributed by atoms with van der Waals surface area (Å²) in [7, 11) is 0. The van der Waals surface area contributed by atoms with E-state index in [1.807, 2.05) is 6.20 Å². The van der Waals surface area contributed by atoms with Crippen LogP contribution in [0, 0.1) is 5.82 Å². The smallest absolute Gasteiger partial charge is 0.124 e. The fraction of sp³-hybridized carbons (Fsp3) is 0.308. The van der Waals surface area contributed by atoms with Crippen LogP contribution in [0.25, 0.3) is 0 Å². The third-order valence-corrected chi connectivity index (χ3v) is 4.15. The van der Waals surface area contributed by atoms with Crippen molar-refractivity contribution in [2.45, 2.75) is 26.2 Å². The van der Waals surface area contributed by atoms with Gasteiger partial charge >= 0.3 is 0 Å². The molecule has 0 aliphatic carbocycles. The highest BCUT2D eigenvalue weighted by molar-refractivity contribution is 7.11. The molecule has 0 unspecified atom stereocenters. The molecule has 90 valence electrons. The Balaban J connectivity index is 2.19.